The Hall–Kier alpha value is -2.31. The van der Waals surface area contributed by atoms with Crippen molar-refractivity contribution in [1.29, 1.82) is 0 Å². The van der Waals surface area contributed by atoms with E-state index in [9.17, 15) is 14.9 Å². The van der Waals surface area contributed by atoms with Crippen LogP contribution in [0.4, 0.5) is 5.69 Å². The molecule has 0 aliphatic rings. The Balaban J connectivity index is 2.28. The molecule has 0 atom stereocenters. The summed E-state index contributed by atoms with van der Waals surface area (Å²) in [6, 6.07) is 9.27. The lowest BCUT2D eigenvalue weighted by Crippen LogP contribution is -2.30. The molecule has 0 aromatic heterocycles. The minimum atomic E-state index is -0.579. The van der Waals surface area contributed by atoms with Crippen molar-refractivity contribution in [2.24, 2.45) is 0 Å². The topological polar surface area (TPSA) is 72.7 Å². The number of rotatable bonds is 6. The van der Waals surface area contributed by atoms with Gasteiger partial charge >= 0.3 is 5.69 Å². The molecule has 0 saturated carbocycles. The molecule has 6 nitrogen and oxygen atoms in total. The van der Waals surface area contributed by atoms with Crippen LogP contribution in [-0.2, 0) is 6.54 Å². The van der Waals surface area contributed by atoms with E-state index in [1.54, 1.807) is 23.1 Å². The van der Waals surface area contributed by atoms with Crippen LogP contribution in [-0.4, -0.2) is 29.4 Å². The van der Waals surface area contributed by atoms with Gasteiger partial charge < -0.3 is 9.64 Å². The first-order valence-corrected chi connectivity index (χ1v) is 8.18. The molecule has 25 heavy (non-hydrogen) atoms. The van der Waals surface area contributed by atoms with Gasteiger partial charge in [-0.05, 0) is 36.8 Å². The predicted molar refractivity (Wildman–Crippen MR) is 96.5 cm³/mol. The van der Waals surface area contributed by atoms with Crippen molar-refractivity contribution in [3.63, 3.8) is 0 Å². The van der Waals surface area contributed by atoms with Crippen molar-refractivity contribution in [3.05, 3.63) is 67.7 Å². The highest BCUT2D eigenvalue weighted by Crippen LogP contribution is 2.28. The zero-order valence-corrected chi connectivity index (χ0v) is 15.2. The average Bonchev–Trinajstić information content (AvgIpc) is 2.61. The van der Waals surface area contributed by atoms with Gasteiger partial charge in [-0.2, -0.15) is 0 Å². The van der Waals surface area contributed by atoms with Crippen molar-refractivity contribution < 1.29 is 14.5 Å². The quantitative estimate of drug-likeness (QED) is 0.541. The molecule has 0 heterocycles. The van der Waals surface area contributed by atoms with Gasteiger partial charge in [0.1, 0.15) is 0 Å². The van der Waals surface area contributed by atoms with Gasteiger partial charge in [-0.25, -0.2) is 0 Å². The molecule has 0 bridgehead atoms. The highest BCUT2D eigenvalue weighted by molar-refractivity contribution is 6.42. The van der Waals surface area contributed by atoms with Crippen molar-refractivity contribution in [2.45, 2.75) is 13.5 Å². The summed E-state index contributed by atoms with van der Waals surface area (Å²) in [6.07, 6.45) is 0. The third-order valence-electron chi connectivity index (χ3n) is 3.65. The molecule has 8 heteroatoms. The average molecular weight is 383 g/mol. The Morgan fingerprint density at radius 3 is 2.48 bits per heavy atom. The van der Waals surface area contributed by atoms with Gasteiger partial charge in [0.15, 0.2) is 5.75 Å². The number of ether oxygens (including phenoxy) is 1. The van der Waals surface area contributed by atoms with Crippen LogP contribution in [0.1, 0.15) is 22.8 Å². The number of benzene rings is 2. The van der Waals surface area contributed by atoms with E-state index in [1.807, 2.05) is 6.92 Å². The molecule has 1 amide bonds. The van der Waals surface area contributed by atoms with Crippen LogP contribution < -0.4 is 4.74 Å². The molecule has 0 spiro atoms. The molecular formula is C17H16Cl2N2O4. The second kappa shape index (κ2) is 8.18. The minimum absolute atomic E-state index is 0.106. The summed E-state index contributed by atoms with van der Waals surface area (Å²) < 4.78 is 4.95. The lowest BCUT2D eigenvalue weighted by molar-refractivity contribution is -0.385. The number of carbonyl (C=O) groups excluding carboxylic acids is 1. The van der Waals surface area contributed by atoms with Crippen LogP contribution in [0.2, 0.25) is 10.0 Å². The number of nitrogens with zero attached hydrogens (tertiary/aromatic N) is 2. The van der Waals surface area contributed by atoms with Gasteiger partial charge in [-0.1, -0.05) is 29.3 Å². The maximum atomic E-state index is 12.7. The van der Waals surface area contributed by atoms with E-state index in [0.717, 1.165) is 5.56 Å². The SMILES string of the molecule is CCN(Cc1ccc(Cl)c(Cl)c1)C(=O)c1ccc(OC)c([N+](=O)[O-])c1. The first kappa shape index (κ1) is 19.0. The number of amides is 1. The summed E-state index contributed by atoms with van der Waals surface area (Å²) in [5.41, 5.74) is 0.779. The molecule has 0 unspecified atom stereocenters. The minimum Gasteiger partial charge on any atom is -0.490 e. The monoisotopic (exact) mass is 382 g/mol. The van der Waals surface area contributed by atoms with E-state index in [-0.39, 0.29) is 22.9 Å². The second-order valence-electron chi connectivity index (χ2n) is 5.21. The molecule has 0 fully saturated rings. The fourth-order valence-corrected chi connectivity index (χ4v) is 2.65. The fourth-order valence-electron chi connectivity index (χ4n) is 2.33. The van der Waals surface area contributed by atoms with Crippen LogP contribution in [0.3, 0.4) is 0 Å². The summed E-state index contributed by atoms with van der Waals surface area (Å²) in [4.78, 5) is 24.8. The second-order valence-corrected chi connectivity index (χ2v) is 6.03. The van der Waals surface area contributed by atoms with Crippen LogP contribution in [0, 0.1) is 10.1 Å². The number of halogens is 2. The third kappa shape index (κ3) is 4.41. The smallest absolute Gasteiger partial charge is 0.311 e. The van der Waals surface area contributed by atoms with Crippen LogP contribution in [0.25, 0.3) is 0 Å². The number of hydrogen-bond donors (Lipinski definition) is 0. The van der Waals surface area contributed by atoms with Gasteiger partial charge in [0, 0.05) is 24.7 Å². The first-order valence-electron chi connectivity index (χ1n) is 7.43. The molecule has 0 saturated heterocycles. The van der Waals surface area contributed by atoms with E-state index >= 15 is 0 Å². The summed E-state index contributed by atoms with van der Waals surface area (Å²) in [5.74, 6) is -0.214. The summed E-state index contributed by atoms with van der Waals surface area (Å²) in [6.45, 7) is 2.57. The lowest BCUT2D eigenvalue weighted by Gasteiger charge is -2.21. The molecule has 0 radical (unpaired) electrons. The van der Waals surface area contributed by atoms with Crippen LogP contribution in [0.15, 0.2) is 36.4 Å². The Morgan fingerprint density at radius 2 is 1.92 bits per heavy atom. The van der Waals surface area contributed by atoms with Gasteiger partial charge in [-0.3, -0.25) is 14.9 Å². The number of carbonyl (C=O) groups is 1. The van der Waals surface area contributed by atoms with E-state index in [2.05, 4.69) is 0 Å². The predicted octanol–water partition coefficient (Wildman–Crippen LogP) is 4.57. The number of methoxy groups -OCH3 is 1. The standard InChI is InChI=1S/C17H16Cl2N2O4/c1-3-20(10-11-4-6-13(18)14(19)8-11)17(22)12-5-7-16(25-2)15(9-12)21(23)24/h4-9H,3,10H2,1-2H3. The Bertz CT molecular complexity index is 811. The molecule has 2 aromatic rings. The molecule has 0 aliphatic carbocycles. The number of nitro benzene ring substituents is 1. The van der Waals surface area contributed by atoms with Crippen molar-refractivity contribution in [2.75, 3.05) is 13.7 Å². The highest BCUT2D eigenvalue weighted by Gasteiger charge is 2.21. The lowest BCUT2D eigenvalue weighted by atomic mass is 10.1. The highest BCUT2D eigenvalue weighted by atomic mass is 35.5. The molecule has 0 aliphatic heterocycles. The van der Waals surface area contributed by atoms with Crippen molar-refractivity contribution in [1.82, 2.24) is 4.90 Å². The number of hydrogen-bond acceptors (Lipinski definition) is 4. The van der Waals surface area contributed by atoms with Gasteiger partial charge in [-0.15, -0.1) is 0 Å². The van der Waals surface area contributed by atoms with E-state index in [4.69, 9.17) is 27.9 Å². The van der Waals surface area contributed by atoms with Gasteiger partial charge in [0.2, 0.25) is 0 Å². The van der Waals surface area contributed by atoms with E-state index in [0.29, 0.717) is 23.1 Å². The van der Waals surface area contributed by atoms with E-state index in [1.165, 1.54) is 25.3 Å². The maximum absolute atomic E-state index is 12.7. The van der Waals surface area contributed by atoms with Crippen LogP contribution in [0.5, 0.6) is 5.75 Å². The Kier molecular flexibility index (Phi) is 6.22. The zero-order chi connectivity index (χ0) is 18.6. The summed E-state index contributed by atoms with van der Waals surface area (Å²) in [5, 5.41) is 12.0. The molecule has 2 rings (SSSR count). The van der Waals surface area contributed by atoms with Gasteiger partial charge in [0.25, 0.3) is 5.91 Å². The number of nitro groups is 1. The van der Waals surface area contributed by atoms with Crippen molar-refractivity contribution in [3.8, 4) is 5.75 Å². The third-order valence-corrected chi connectivity index (χ3v) is 4.39. The molecule has 0 N–H and O–H groups in total. The maximum Gasteiger partial charge on any atom is 0.311 e. The Morgan fingerprint density at radius 1 is 1.20 bits per heavy atom. The van der Waals surface area contributed by atoms with Gasteiger partial charge in [0.05, 0.1) is 22.1 Å². The molecular weight excluding hydrogens is 367 g/mol. The Labute approximate surface area is 155 Å². The molecule has 132 valence electrons. The van der Waals surface area contributed by atoms with Crippen LogP contribution >= 0.6 is 23.2 Å². The normalized spacial score (nSPS) is 10.4. The molecule has 2 aromatic carbocycles. The summed E-state index contributed by atoms with van der Waals surface area (Å²) in [7, 11) is 1.34. The zero-order valence-electron chi connectivity index (χ0n) is 13.7. The summed E-state index contributed by atoms with van der Waals surface area (Å²) >= 11 is 11.9. The fraction of sp³-hybridized carbons (Fsp3) is 0.235. The first-order chi connectivity index (χ1) is 11.9. The largest absolute Gasteiger partial charge is 0.490 e. The van der Waals surface area contributed by atoms with Crippen molar-refractivity contribution >= 4 is 34.8 Å². The van der Waals surface area contributed by atoms with E-state index < -0.39 is 4.92 Å².